The van der Waals surface area contributed by atoms with Crippen LogP contribution in [0.15, 0.2) is 18.2 Å². The van der Waals surface area contributed by atoms with Crippen molar-refractivity contribution in [3.63, 3.8) is 0 Å². The highest BCUT2D eigenvalue weighted by atomic mass is 19.4. The first-order valence-corrected chi connectivity index (χ1v) is 4.71. The van der Waals surface area contributed by atoms with Gasteiger partial charge in [0.1, 0.15) is 0 Å². The summed E-state index contributed by atoms with van der Waals surface area (Å²) in [6.07, 6.45) is -4.74. The Kier molecular flexibility index (Phi) is 4.24. The Labute approximate surface area is 96.8 Å². The van der Waals surface area contributed by atoms with Gasteiger partial charge in [-0.3, -0.25) is 0 Å². The number of alkyl halides is 3. The van der Waals surface area contributed by atoms with Crippen molar-refractivity contribution in [3.8, 4) is 17.6 Å². The van der Waals surface area contributed by atoms with Gasteiger partial charge < -0.3 is 15.8 Å². The van der Waals surface area contributed by atoms with E-state index in [1.807, 2.05) is 0 Å². The van der Waals surface area contributed by atoms with Crippen molar-refractivity contribution in [2.45, 2.75) is 6.36 Å². The van der Waals surface area contributed by atoms with Crippen LogP contribution in [0.25, 0.3) is 0 Å². The molecule has 3 nitrogen and oxygen atoms in total. The van der Waals surface area contributed by atoms with E-state index in [1.54, 1.807) is 7.05 Å². The van der Waals surface area contributed by atoms with Crippen LogP contribution in [0.2, 0.25) is 0 Å². The third-order valence-electron chi connectivity index (χ3n) is 1.73. The first-order valence-electron chi connectivity index (χ1n) is 4.71. The molecule has 0 aliphatic rings. The number of halogens is 3. The van der Waals surface area contributed by atoms with Gasteiger partial charge in [0.15, 0.2) is 5.75 Å². The summed E-state index contributed by atoms with van der Waals surface area (Å²) in [5.74, 6) is 5.09. The van der Waals surface area contributed by atoms with Crippen molar-refractivity contribution in [2.24, 2.45) is 0 Å². The van der Waals surface area contributed by atoms with E-state index in [0.29, 0.717) is 12.1 Å². The van der Waals surface area contributed by atoms with Gasteiger partial charge in [-0.15, -0.1) is 13.2 Å². The number of nitrogen functional groups attached to an aromatic ring is 1. The smallest absolute Gasteiger partial charge is 0.404 e. The molecule has 1 rings (SSSR count). The van der Waals surface area contributed by atoms with E-state index < -0.39 is 12.1 Å². The Balaban J connectivity index is 2.84. The summed E-state index contributed by atoms with van der Waals surface area (Å²) < 4.78 is 39.6. The number of benzene rings is 1. The predicted octanol–water partition coefficient (Wildman–Crippen LogP) is 1.74. The van der Waals surface area contributed by atoms with Crippen LogP contribution in [-0.4, -0.2) is 20.0 Å². The Morgan fingerprint density at radius 1 is 1.41 bits per heavy atom. The third-order valence-corrected chi connectivity index (χ3v) is 1.73. The normalized spacial score (nSPS) is 10.6. The lowest BCUT2D eigenvalue weighted by molar-refractivity contribution is -0.274. The molecule has 0 aliphatic heterocycles. The summed E-state index contributed by atoms with van der Waals surface area (Å²) in [5, 5.41) is 2.82. The molecule has 0 saturated carbocycles. The Bertz CT molecular complexity index is 446. The molecule has 92 valence electrons. The van der Waals surface area contributed by atoms with E-state index in [2.05, 4.69) is 21.9 Å². The highest BCUT2D eigenvalue weighted by molar-refractivity contribution is 5.57. The van der Waals surface area contributed by atoms with Crippen LogP contribution in [-0.2, 0) is 0 Å². The summed E-state index contributed by atoms with van der Waals surface area (Å²) in [5.41, 5.74) is 5.86. The van der Waals surface area contributed by atoms with Crippen LogP contribution >= 0.6 is 0 Å². The molecular weight excluding hydrogens is 233 g/mol. The molecule has 1 aromatic carbocycles. The summed E-state index contributed by atoms with van der Waals surface area (Å²) in [7, 11) is 1.74. The topological polar surface area (TPSA) is 47.3 Å². The number of hydrogen-bond donors (Lipinski definition) is 2. The van der Waals surface area contributed by atoms with Gasteiger partial charge in [-0.2, -0.15) is 0 Å². The van der Waals surface area contributed by atoms with E-state index >= 15 is 0 Å². The SMILES string of the molecule is CNCC#Cc1ccc(OC(F)(F)F)c(N)c1. The van der Waals surface area contributed by atoms with E-state index in [4.69, 9.17) is 5.73 Å². The second-order valence-corrected chi connectivity index (χ2v) is 3.13. The molecule has 0 unspecified atom stereocenters. The fourth-order valence-electron chi connectivity index (χ4n) is 1.08. The molecule has 0 saturated heterocycles. The molecule has 0 radical (unpaired) electrons. The highest BCUT2D eigenvalue weighted by Gasteiger charge is 2.31. The Morgan fingerprint density at radius 2 is 2.12 bits per heavy atom. The maximum Gasteiger partial charge on any atom is 0.573 e. The molecule has 1 aromatic rings. The number of hydrogen-bond acceptors (Lipinski definition) is 3. The van der Waals surface area contributed by atoms with Crippen LogP contribution in [0.3, 0.4) is 0 Å². The number of rotatable bonds is 2. The summed E-state index contributed by atoms with van der Waals surface area (Å²) >= 11 is 0. The fraction of sp³-hybridized carbons (Fsp3) is 0.273. The molecule has 0 heterocycles. The monoisotopic (exact) mass is 244 g/mol. The van der Waals surface area contributed by atoms with Crippen molar-refractivity contribution >= 4 is 5.69 Å². The molecule has 0 aromatic heterocycles. The number of ether oxygens (including phenoxy) is 1. The highest BCUT2D eigenvalue weighted by Crippen LogP contribution is 2.28. The molecule has 0 fully saturated rings. The average molecular weight is 244 g/mol. The van der Waals surface area contributed by atoms with Crippen molar-refractivity contribution in [3.05, 3.63) is 23.8 Å². The van der Waals surface area contributed by atoms with E-state index in [1.165, 1.54) is 12.1 Å². The minimum absolute atomic E-state index is 0.0985. The molecular formula is C11H11F3N2O. The van der Waals surface area contributed by atoms with E-state index in [9.17, 15) is 13.2 Å². The first-order chi connectivity index (χ1) is 7.92. The molecule has 3 N–H and O–H groups in total. The van der Waals surface area contributed by atoms with Crippen molar-refractivity contribution in [1.82, 2.24) is 5.32 Å². The molecule has 0 atom stereocenters. The second kappa shape index (κ2) is 5.46. The third kappa shape index (κ3) is 4.66. The van der Waals surface area contributed by atoms with E-state index in [0.717, 1.165) is 6.07 Å². The van der Waals surface area contributed by atoms with Gasteiger partial charge in [0.25, 0.3) is 0 Å². The largest absolute Gasteiger partial charge is 0.573 e. The van der Waals surface area contributed by atoms with Crippen molar-refractivity contribution < 1.29 is 17.9 Å². The lowest BCUT2D eigenvalue weighted by atomic mass is 10.2. The standard InChI is InChI=1S/C11H11F3N2O/c1-16-6-2-3-8-4-5-10(9(15)7-8)17-11(12,13)14/h4-5,7,16H,6,15H2,1H3. The minimum atomic E-state index is -4.74. The van der Waals surface area contributed by atoms with Crippen molar-refractivity contribution in [2.75, 3.05) is 19.3 Å². The van der Waals surface area contributed by atoms with Gasteiger partial charge in [0.05, 0.1) is 12.2 Å². The lowest BCUT2D eigenvalue weighted by Gasteiger charge is -2.10. The number of nitrogens with one attached hydrogen (secondary N) is 1. The van der Waals surface area contributed by atoms with Crippen LogP contribution in [0.1, 0.15) is 5.56 Å². The van der Waals surface area contributed by atoms with Crippen LogP contribution in [0, 0.1) is 11.8 Å². The van der Waals surface area contributed by atoms with Gasteiger partial charge in [0.2, 0.25) is 0 Å². The summed E-state index contributed by atoms with van der Waals surface area (Å²) in [6, 6.07) is 3.90. The Morgan fingerprint density at radius 3 is 2.65 bits per heavy atom. The fourth-order valence-corrected chi connectivity index (χ4v) is 1.08. The first kappa shape index (κ1) is 13.2. The van der Waals surface area contributed by atoms with Gasteiger partial charge in [-0.25, -0.2) is 0 Å². The summed E-state index contributed by atoms with van der Waals surface area (Å²) in [4.78, 5) is 0. The van der Waals surface area contributed by atoms with Crippen LogP contribution in [0.5, 0.6) is 5.75 Å². The zero-order valence-electron chi connectivity index (χ0n) is 9.06. The number of anilines is 1. The minimum Gasteiger partial charge on any atom is -0.404 e. The van der Waals surface area contributed by atoms with Gasteiger partial charge in [-0.05, 0) is 25.2 Å². The zero-order valence-corrected chi connectivity index (χ0v) is 9.06. The maximum atomic E-state index is 12.0. The van der Waals surface area contributed by atoms with Crippen molar-refractivity contribution in [1.29, 1.82) is 0 Å². The molecule has 0 amide bonds. The molecule has 0 spiro atoms. The summed E-state index contributed by atoms with van der Waals surface area (Å²) in [6.45, 7) is 0.487. The Hall–Kier alpha value is -1.87. The molecule has 6 heteroatoms. The van der Waals surface area contributed by atoms with Gasteiger partial charge in [0, 0.05) is 5.56 Å². The predicted molar refractivity (Wildman–Crippen MR) is 58.3 cm³/mol. The molecule has 0 bridgehead atoms. The average Bonchev–Trinajstić information content (AvgIpc) is 2.21. The van der Waals surface area contributed by atoms with Gasteiger partial charge >= 0.3 is 6.36 Å². The molecule has 0 aliphatic carbocycles. The second-order valence-electron chi connectivity index (χ2n) is 3.13. The lowest BCUT2D eigenvalue weighted by Crippen LogP contribution is -2.18. The zero-order chi connectivity index (χ0) is 12.9. The van der Waals surface area contributed by atoms with Crippen LogP contribution < -0.4 is 15.8 Å². The maximum absolute atomic E-state index is 12.0. The van der Waals surface area contributed by atoms with E-state index in [-0.39, 0.29) is 5.69 Å². The quantitative estimate of drug-likeness (QED) is 0.615. The van der Waals surface area contributed by atoms with Gasteiger partial charge in [-0.1, -0.05) is 11.8 Å². The molecule has 17 heavy (non-hydrogen) atoms. The number of nitrogens with two attached hydrogens (primary N) is 1. The van der Waals surface area contributed by atoms with Crippen LogP contribution in [0.4, 0.5) is 18.9 Å².